The Morgan fingerprint density at radius 2 is 1.58 bits per heavy atom. The van der Waals surface area contributed by atoms with Gasteiger partial charge in [-0.2, -0.15) is 26.8 Å². The van der Waals surface area contributed by atoms with Gasteiger partial charge in [-0.15, -0.1) is 6.42 Å². The minimum atomic E-state index is 0. The molecule has 0 aliphatic heterocycles. The standard InChI is InChI=1S/C5H5.C4H9.2ClH.Ti/c1-2-4-5-3-1;1-4(2)3;;;/h1-3H,4H2;1-3H3;2*1H;/q2*-1;;;+4/p-2. The number of rotatable bonds is 0. The van der Waals surface area contributed by atoms with Gasteiger partial charge < -0.3 is 30.7 Å². The normalized spacial score (nSPS) is 10.3. The summed E-state index contributed by atoms with van der Waals surface area (Å²) in [5.41, 5.74) is 0. The topological polar surface area (TPSA) is 0 Å². The first-order valence-electron chi connectivity index (χ1n) is 3.22. The monoisotopic (exact) mass is 240 g/mol. The molecule has 12 heavy (non-hydrogen) atoms. The van der Waals surface area contributed by atoms with Crippen LogP contribution < -0.4 is 24.8 Å². The number of hydrogen-bond acceptors (Lipinski definition) is 0. The van der Waals surface area contributed by atoms with Crippen molar-refractivity contribution in [1.82, 2.24) is 0 Å². The van der Waals surface area contributed by atoms with E-state index in [2.05, 4.69) is 32.9 Å². The summed E-state index contributed by atoms with van der Waals surface area (Å²) in [5.74, 6) is 1.42. The molecule has 1 aliphatic rings. The van der Waals surface area contributed by atoms with Gasteiger partial charge in [0.25, 0.3) is 0 Å². The summed E-state index contributed by atoms with van der Waals surface area (Å²) in [6, 6.07) is 0. The molecule has 0 aromatic heterocycles. The summed E-state index contributed by atoms with van der Waals surface area (Å²) in [6.45, 7) is 6.25. The average Bonchev–Trinajstić information content (AvgIpc) is 2.11. The van der Waals surface area contributed by atoms with E-state index in [4.69, 9.17) is 0 Å². The van der Waals surface area contributed by atoms with Crippen molar-refractivity contribution in [2.45, 2.75) is 27.2 Å². The second-order valence-corrected chi connectivity index (χ2v) is 2.50. The van der Waals surface area contributed by atoms with Gasteiger partial charge >= 0.3 is 21.7 Å². The van der Waals surface area contributed by atoms with E-state index in [1.807, 2.05) is 12.2 Å². The molecule has 0 heterocycles. The third kappa shape index (κ3) is 30.9. The smallest absolute Gasteiger partial charge is 1.00 e. The Labute approximate surface area is 104 Å². The van der Waals surface area contributed by atoms with Crippen LogP contribution in [0, 0.1) is 12.0 Å². The minimum Gasteiger partial charge on any atom is -1.00 e. The molecule has 0 radical (unpaired) electrons. The Morgan fingerprint density at radius 1 is 1.17 bits per heavy atom. The molecule has 0 saturated carbocycles. The maximum absolute atomic E-state index is 2.99. The van der Waals surface area contributed by atoms with E-state index in [0.29, 0.717) is 0 Å². The first-order chi connectivity index (χ1) is 4.23. The third-order valence-corrected chi connectivity index (χ3v) is 0.586. The van der Waals surface area contributed by atoms with Crippen molar-refractivity contribution >= 4 is 0 Å². The third-order valence-electron chi connectivity index (χ3n) is 0.586. The van der Waals surface area contributed by atoms with Crippen LogP contribution in [0.4, 0.5) is 0 Å². The quantitative estimate of drug-likeness (QED) is 0.312. The summed E-state index contributed by atoms with van der Waals surface area (Å²) in [5, 5.41) is 0. The molecule has 0 nitrogen and oxygen atoms in total. The average molecular weight is 241 g/mol. The van der Waals surface area contributed by atoms with Gasteiger partial charge in [0.1, 0.15) is 0 Å². The van der Waals surface area contributed by atoms with Gasteiger partial charge in [-0.3, -0.25) is 6.08 Å². The Hall–Kier alpha value is 0.774. The Balaban J connectivity index is -0.0000000436. The summed E-state index contributed by atoms with van der Waals surface area (Å²) in [6.07, 6.45) is 10.0. The van der Waals surface area contributed by atoms with Crippen molar-refractivity contribution in [2.75, 3.05) is 0 Å². The molecule has 0 fully saturated rings. The molecule has 1 rings (SSSR count). The van der Waals surface area contributed by atoms with Crippen molar-refractivity contribution in [3.63, 3.8) is 0 Å². The molecule has 68 valence electrons. The predicted molar refractivity (Wildman–Crippen MR) is 41.8 cm³/mol. The van der Waals surface area contributed by atoms with Gasteiger partial charge in [0.15, 0.2) is 0 Å². The van der Waals surface area contributed by atoms with Crippen LogP contribution in [0.3, 0.4) is 0 Å². The number of allylic oxidation sites excluding steroid dienone is 4. The van der Waals surface area contributed by atoms with Crippen LogP contribution in [0.15, 0.2) is 18.2 Å². The van der Waals surface area contributed by atoms with Crippen molar-refractivity contribution < 1.29 is 46.5 Å². The molecule has 1 aliphatic carbocycles. The first kappa shape index (κ1) is 23.0. The van der Waals surface area contributed by atoms with Gasteiger partial charge in [0.2, 0.25) is 0 Å². The van der Waals surface area contributed by atoms with E-state index in [1.54, 1.807) is 0 Å². The van der Waals surface area contributed by atoms with Crippen molar-refractivity contribution in [3.8, 4) is 0 Å². The van der Waals surface area contributed by atoms with E-state index in [1.165, 1.54) is 5.92 Å². The van der Waals surface area contributed by atoms with Crippen molar-refractivity contribution in [2.24, 2.45) is 0 Å². The van der Waals surface area contributed by atoms with Gasteiger partial charge in [0, 0.05) is 0 Å². The largest absolute Gasteiger partial charge is 4.00 e. The van der Waals surface area contributed by atoms with Crippen LogP contribution in [0.5, 0.6) is 0 Å². The second-order valence-electron chi connectivity index (χ2n) is 2.50. The summed E-state index contributed by atoms with van der Waals surface area (Å²) in [4.78, 5) is 0. The molecule has 0 bridgehead atoms. The number of hydrogen-bond donors (Lipinski definition) is 0. The second kappa shape index (κ2) is 17.8. The fraction of sp³-hybridized carbons (Fsp3) is 0.444. The van der Waals surface area contributed by atoms with E-state index >= 15 is 0 Å². The van der Waals surface area contributed by atoms with Gasteiger partial charge in [-0.05, 0) is 0 Å². The van der Waals surface area contributed by atoms with Gasteiger partial charge in [0.05, 0.1) is 0 Å². The zero-order valence-electron chi connectivity index (χ0n) is 7.70. The molecule has 0 aromatic rings. The van der Waals surface area contributed by atoms with E-state index < -0.39 is 0 Å². The van der Waals surface area contributed by atoms with Crippen LogP contribution in [0.25, 0.3) is 0 Å². The molecular weight excluding hydrogens is 227 g/mol. The SMILES string of the molecule is C[C-](C)C.[C-]1=CC=CC1.[Cl-].[Cl-].[Ti+4]. The molecule has 0 saturated heterocycles. The predicted octanol–water partition coefficient (Wildman–Crippen LogP) is -3.07. The van der Waals surface area contributed by atoms with Crippen LogP contribution in [-0.4, -0.2) is 0 Å². The maximum atomic E-state index is 2.99. The Kier molecular flexibility index (Phi) is 34.0. The Morgan fingerprint density at radius 3 is 1.67 bits per heavy atom. The van der Waals surface area contributed by atoms with Crippen molar-refractivity contribution in [3.05, 3.63) is 30.2 Å². The van der Waals surface area contributed by atoms with Crippen LogP contribution in [0.2, 0.25) is 0 Å². The van der Waals surface area contributed by atoms with E-state index in [9.17, 15) is 0 Å². The Bertz CT molecular complexity index is 96.3. The van der Waals surface area contributed by atoms with Crippen LogP contribution in [0.1, 0.15) is 27.2 Å². The summed E-state index contributed by atoms with van der Waals surface area (Å²) >= 11 is 0. The maximum Gasteiger partial charge on any atom is 4.00 e. The van der Waals surface area contributed by atoms with Crippen LogP contribution in [-0.2, 0) is 21.7 Å². The van der Waals surface area contributed by atoms with E-state index in [-0.39, 0.29) is 46.5 Å². The molecule has 0 N–H and O–H groups in total. The van der Waals surface area contributed by atoms with Gasteiger partial charge in [-0.25, -0.2) is 12.2 Å². The van der Waals surface area contributed by atoms with E-state index in [0.717, 1.165) is 6.42 Å². The van der Waals surface area contributed by atoms with Crippen LogP contribution >= 0.6 is 0 Å². The van der Waals surface area contributed by atoms with Crippen molar-refractivity contribution in [1.29, 1.82) is 0 Å². The molecule has 0 amide bonds. The fourth-order valence-corrected chi connectivity index (χ4v) is 0.340. The molecule has 0 unspecified atom stereocenters. The first-order valence-corrected chi connectivity index (χ1v) is 3.22. The zero-order chi connectivity index (χ0) is 7.11. The fourth-order valence-electron chi connectivity index (χ4n) is 0.340. The summed E-state index contributed by atoms with van der Waals surface area (Å²) < 4.78 is 0. The minimum absolute atomic E-state index is 0. The van der Waals surface area contributed by atoms with Gasteiger partial charge in [-0.1, -0.05) is 0 Å². The summed E-state index contributed by atoms with van der Waals surface area (Å²) in [7, 11) is 0. The number of halogens is 2. The molecule has 0 atom stereocenters. The molecular formula is C9H14Cl2Ti. The molecule has 3 heteroatoms. The zero-order valence-corrected chi connectivity index (χ0v) is 10.8. The molecule has 0 spiro atoms. The molecule has 0 aromatic carbocycles.